The van der Waals surface area contributed by atoms with Crippen molar-refractivity contribution < 1.29 is 23.1 Å². The lowest BCUT2D eigenvalue weighted by Crippen LogP contribution is -2.31. The minimum atomic E-state index is -3.52. The molecule has 0 bridgehead atoms. The molecule has 2 unspecified atom stereocenters. The topological polar surface area (TPSA) is 80.7 Å². The highest BCUT2D eigenvalue weighted by Crippen LogP contribution is 2.18. The standard InChI is InChI=1S/C11H20O5S/c1-2-10(11(12)13)17(14,15)8-4-6-9-5-3-7-16-9/h9-10H,2-8H2,1H3,(H,12,13). The first-order valence-corrected chi connectivity index (χ1v) is 7.75. The number of ether oxygens (including phenoxy) is 1. The summed E-state index contributed by atoms with van der Waals surface area (Å²) >= 11 is 0. The molecule has 0 radical (unpaired) electrons. The first-order chi connectivity index (χ1) is 7.97. The van der Waals surface area contributed by atoms with Crippen LogP contribution in [-0.4, -0.2) is 43.2 Å². The summed E-state index contributed by atoms with van der Waals surface area (Å²) in [5.74, 6) is -1.30. The van der Waals surface area contributed by atoms with Gasteiger partial charge in [-0.2, -0.15) is 0 Å². The highest BCUT2D eigenvalue weighted by molar-refractivity contribution is 7.92. The molecule has 0 aromatic rings. The fourth-order valence-electron chi connectivity index (χ4n) is 2.11. The second kappa shape index (κ2) is 6.35. The second-order valence-corrected chi connectivity index (χ2v) is 6.68. The molecule has 17 heavy (non-hydrogen) atoms. The van der Waals surface area contributed by atoms with Crippen molar-refractivity contribution >= 4 is 15.8 Å². The number of carbonyl (C=O) groups is 1. The van der Waals surface area contributed by atoms with E-state index in [1.165, 1.54) is 0 Å². The molecule has 1 saturated heterocycles. The van der Waals surface area contributed by atoms with Gasteiger partial charge in [-0.25, -0.2) is 8.42 Å². The van der Waals surface area contributed by atoms with Gasteiger partial charge in [0.1, 0.15) is 0 Å². The van der Waals surface area contributed by atoms with Crippen LogP contribution in [0.15, 0.2) is 0 Å². The predicted molar refractivity (Wildman–Crippen MR) is 63.7 cm³/mol. The van der Waals surface area contributed by atoms with Crippen LogP contribution in [-0.2, 0) is 19.4 Å². The minimum absolute atomic E-state index is 0.0579. The monoisotopic (exact) mass is 264 g/mol. The van der Waals surface area contributed by atoms with Gasteiger partial charge in [0.05, 0.1) is 11.9 Å². The van der Waals surface area contributed by atoms with Crippen molar-refractivity contribution in [1.29, 1.82) is 0 Å². The van der Waals surface area contributed by atoms with Gasteiger partial charge in [0.15, 0.2) is 15.1 Å². The van der Waals surface area contributed by atoms with Gasteiger partial charge in [0, 0.05) is 6.61 Å². The minimum Gasteiger partial charge on any atom is -0.480 e. The summed E-state index contributed by atoms with van der Waals surface area (Å²) in [4.78, 5) is 10.8. The molecular weight excluding hydrogens is 244 g/mol. The molecule has 5 nitrogen and oxygen atoms in total. The van der Waals surface area contributed by atoms with Gasteiger partial charge >= 0.3 is 5.97 Å². The summed E-state index contributed by atoms with van der Waals surface area (Å²) < 4.78 is 28.9. The second-order valence-electron chi connectivity index (χ2n) is 4.38. The average molecular weight is 264 g/mol. The van der Waals surface area contributed by atoms with Crippen LogP contribution in [0.5, 0.6) is 0 Å². The molecule has 1 N–H and O–H groups in total. The quantitative estimate of drug-likeness (QED) is 0.748. The van der Waals surface area contributed by atoms with Crippen molar-refractivity contribution in [2.45, 2.75) is 50.4 Å². The molecule has 1 aliphatic rings. The Morgan fingerprint density at radius 3 is 2.71 bits per heavy atom. The van der Waals surface area contributed by atoms with E-state index in [2.05, 4.69) is 0 Å². The fourth-order valence-corrected chi connectivity index (χ4v) is 3.78. The third-order valence-electron chi connectivity index (χ3n) is 3.06. The third kappa shape index (κ3) is 4.27. The van der Waals surface area contributed by atoms with Crippen molar-refractivity contribution in [1.82, 2.24) is 0 Å². The molecule has 0 spiro atoms. The molecule has 1 fully saturated rings. The van der Waals surface area contributed by atoms with Crippen molar-refractivity contribution in [3.8, 4) is 0 Å². The van der Waals surface area contributed by atoms with Gasteiger partial charge in [0.25, 0.3) is 0 Å². The highest BCUT2D eigenvalue weighted by Gasteiger charge is 2.30. The molecule has 0 aromatic carbocycles. The lowest BCUT2D eigenvalue weighted by Gasteiger charge is -2.12. The number of aliphatic carboxylic acids is 1. The van der Waals surface area contributed by atoms with Crippen LogP contribution in [0.3, 0.4) is 0 Å². The van der Waals surface area contributed by atoms with Crippen LogP contribution in [0.4, 0.5) is 0 Å². The van der Waals surface area contributed by atoms with Crippen LogP contribution >= 0.6 is 0 Å². The lowest BCUT2D eigenvalue weighted by atomic mass is 10.1. The number of hydrogen-bond acceptors (Lipinski definition) is 4. The summed E-state index contributed by atoms with van der Waals surface area (Å²) in [6.07, 6.45) is 3.49. The average Bonchev–Trinajstić information content (AvgIpc) is 2.69. The molecule has 0 saturated carbocycles. The zero-order valence-corrected chi connectivity index (χ0v) is 10.9. The van der Waals surface area contributed by atoms with Crippen LogP contribution in [0, 0.1) is 0 Å². The van der Waals surface area contributed by atoms with Crippen molar-refractivity contribution in [2.75, 3.05) is 12.4 Å². The molecule has 1 aliphatic heterocycles. The maximum absolute atomic E-state index is 11.8. The highest BCUT2D eigenvalue weighted by atomic mass is 32.2. The predicted octanol–water partition coefficient (Wildman–Crippen LogP) is 1.22. The Morgan fingerprint density at radius 1 is 1.53 bits per heavy atom. The van der Waals surface area contributed by atoms with Gasteiger partial charge < -0.3 is 9.84 Å². The molecule has 0 amide bonds. The van der Waals surface area contributed by atoms with Crippen molar-refractivity contribution in [3.05, 3.63) is 0 Å². The van der Waals surface area contributed by atoms with E-state index in [1.807, 2.05) is 0 Å². The Kier molecular flexibility index (Phi) is 5.39. The first-order valence-electron chi connectivity index (χ1n) is 6.03. The Hall–Kier alpha value is -0.620. The Labute approximate surface area is 102 Å². The van der Waals surface area contributed by atoms with Crippen LogP contribution in [0.2, 0.25) is 0 Å². The molecule has 0 aromatic heterocycles. The lowest BCUT2D eigenvalue weighted by molar-refractivity contribution is -0.136. The molecule has 2 atom stereocenters. The zero-order chi connectivity index (χ0) is 12.9. The largest absolute Gasteiger partial charge is 0.480 e. The van der Waals surface area contributed by atoms with Crippen molar-refractivity contribution in [2.24, 2.45) is 0 Å². The molecule has 100 valence electrons. The summed E-state index contributed by atoms with van der Waals surface area (Å²) in [6.45, 7) is 2.33. The molecule has 0 aliphatic carbocycles. The smallest absolute Gasteiger partial charge is 0.321 e. The van der Waals surface area contributed by atoms with E-state index in [1.54, 1.807) is 6.92 Å². The summed E-state index contributed by atoms with van der Waals surface area (Å²) in [5, 5.41) is 7.56. The number of hydrogen-bond donors (Lipinski definition) is 1. The van der Waals surface area contributed by atoms with E-state index >= 15 is 0 Å². The number of carboxylic acid groups (broad SMARTS) is 1. The van der Waals surface area contributed by atoms with Gasteiger partial charge in [-0.3, -0.25) is 4.79 Å². The third-order valence-corrected chi connectivity index (χ3v) is 5.32. The Morgan fingerprint density at radius 2 is 2.24 bits per heavy atom. The Balaban J connectivity index is 2.40. The van der Waals surface area contributed by atoms with Gasteiger partial charge in [-0.1, -0.05) is 6.92 Å². The van der Waals surface area contributed by atoms with Gasteiger partial charge in [-0.05, 0) is 32.1 Å². The van der Waals surface area contributed by atoms with Gasteiger partial charge in [-0.15, -0.1) is 0 Å². The maximum atomic E-state index is 11.8. The Bertz CT molecular complexity index is 343. The molecular formula is C11H20O5S. The van der Waals surface area contributed by atoms with Crippen LogP contribution < -0.4 is 0 Å². The number of carboxylic acids is 1. The maximum Gasteiger partial charge on any atom is 0.321 e. The number of rotatable bonds is 7. The molecule has 1 heterocycles. The van der Waals surface area contributed by atoms with E-state index in [4.69, 9.17) is 9.84 Å². The molecule has 1 rings (SSSR count). The summed E-state index contributed by atoms with van der Waals surface area (Å²) in [5.41, 5.74) is 0. The van der Waals surface area contributed by atoms with E-state index in [-0.39, 0.29) is 18.3 Å². The van der Waals surface area contributed by atoms with E-state index < -0.39 is 21.1 Å². The SMILES string of the molecule is CCC(C(=O)O)S(=O)(=O)CCCC1CCCO1. The van der Waals surface area contributed by atoms with Crippen molar-refractivity contribution in [3.63, 3.8) is 0 Å². The van der Waals surface area contributed by atoms with E-state index in [9.17, 15) is 13.2 Å². The van der Waals surface area contributed by atoms with E-state index in [0.717, 1.165) is 19.4 Å². The number of sulfone groups is 1. The fraction of sp³-hybridized carbons (Fsp3) is 0.909. The zero-order valence-electron chi connectivity index (χ0n) is 10.1. The van der Waals surface area contributed by atoms with Crippen LogP contribution in [0.25, 0.3) is 0 Å². The van der Waals surface area contributed by atoms with Gasteiger partial charge in [0.2, 0.25) is 0 Å². The van der Waals surface area contributed by atoms with Crippen LogP contribution in [0.1, 0.15) is 39.0 Å². The summed E-state index contributed by atoms with van der Waals surface area (Å²) in [7, 11) is -3.52. The summed E-state index contributed by atoms with van der Waals surface area (Å²) in [6, 6.07) is 0. The first kappa shape index (κ1) is 14.4. The molecule has 6 heteroatoms. The normalized spacial score (nSPS) is 22.5. The van der Waals surface area contributed by atoms with E-state index in [0.29, 0.717) is 12.8 Å².